The summed E-state index contributed by atoms with van der Waals surface area (Å²) in [5.74, 6) is 1.34. The molecule has 1 amide bonds. The van der Waals surface area contributed by atoms with Crippen LogP contribution < -0.4 is 10.6 Å². The Balaban J connectivity index is 0.00000110. The SMILES string of the molecule is Cc1cc(C2CC2)cc2c1C(=O)N[C@H]1CNC[C@H]21.Cl. The van der Waals surface area contributed by atoms with Crippen LogP contribution in [0.4, 0.5) is 0 Å². The number of halogens is 1. The number of fused-ring (bicyclic) bond motifs is 3. The highest BCUT2D eigenvalue weighted by Crippen LogP contribution is 2.43. The molecule has 0 spiro atoms. The lowest BCUT2D eigenvalue weighted by molar-refractivity contribution is 0.0923. The molecule has 0 radical (unpaired) electrons. The van der Waals surface area contributed by atoms with Crippen LogP contribution in [-0.2, 0) is 0 Å². The Morgan fingerprint density at radius 2 is 2.00 bits per heavy atom. The minimum Gasteiger partial charge on any atom is -0.347 e. The molecule has 2 atom stereocenters. The Morgan fingerprint density at radius 1 is 1.21 bits per heavy atom. The molecule has 2 N–H and O–H groups in total. The number of benzene rings is 1. The summed E-state index contributed by atoms with van der Waals surface area (Å²) in [6, 6.07) is 4.82. The standard InChI is InChI=1S/C15H18N2O.ClH/c1-8-4-10(9-2-3-9)5-11-12-6-16-7-13(12)17-15(18)14(8)11;/h4-5,9,12-13,16H,2-3,6-7H2,1H3,(H,17,18);1H/t12-,13+;/m1./s1. The summed E-state index contributed by atoms with van der Waals surface area (Å²) in [5.41, 5.74) is 4.82. The molecule has 1 aromatic rings. The van der Waals surface area contributed by atoms with Crippen molar-refractivity contribution in [1.29, 1.82) is 0 Å². The van der Waals surface area contributed by atoms with Crippen LogP contribution in [0.3, 0.4) is 0 Å². The van der Waals surface area contributed by atoms with E-state index in [1.807, 2.05) is 0 Å². The molecule has 1 aliphatic carbocycles. The number of aryl methyl sites for hydroxylation is 1. The maximum Gasteiger partial charge on any atom is 0.252 e. The van der Waals surface area contributed by atoms with Crippen molar-refractivity contribution in [3.63, 3.8) is 0 Å². The fraction of sp³-hybridized carbons (Fsp3) is 0.533. The van der Waals surface area contributed by atoms with Crippen LogP contribution in [0.1, 0.15) is 51.7 Å². The maximum atomic E-state index is 12.2. The van der Waals surface area contributed by atoms with Crippen molar-refractivity contribution in [1.82, 2.24) is 10.6 Å². The van der Waals surface area contributed by atoms with Gasteiger partial charge >= 0.3 is 0 Å². The van der Waals surface area contributed by atoms with Crippen LogP contribution in [0, 0.1) is 6.92 Å². The van der Waals surface area contributed by atoms with Gasteiger partial charge in [0.1, 0.15) is 0 Å². The van der Waals surface area contributed by atoms with Crippen LogP contribution in [0.2, 0.25) is 0 Å². The lowest BCUT2D eigenvalue weighted by Crippen LogP contribution is -2.44. The molecule has 1 aromatic carbocycles. The Morgan fingerprint density at radius 3 is 2.74 bits per heavy atom. The number of hydrogen-bond donors (Lipinski definition) is 2. The van der Waals surface area contributed by atoms with Crippen molar-refractivity contribution in [2.75, 3.05) is 13.1 Å². The zero-order valence-corrected chi connectivity index (χ0v) is 11.8. The monoisotopic (exact) mass is 278 g/mol. The van der Waals surface area contributed by atoms with Crippen LogP contribution in [0.25, 0.3) is 0 Å². The zero-order valence-electron chi connectivity index (χ0n) is 11.0. The number of hydrogen-bond acceptors (Lipinski definition) is 2. The highest BCUT2D eigenvalue weighted by atomic mass is 35.5. The molecular formula is C15H19ClN2O. The molecule has 102 valence electrons. The van der Waals surface area contributed by atoms with Gasteiger partial charge in [-0.2, -0.15) is 0 Å². The molecule has 1 saturated carbocycles. The molecular weight excluding hydrogens is 260 g/mol. The van der Waals surface area contributed by atoms with E-state index < -0.39 is 0 Å². The first-order valence-corrected chi connectivity index (χ1v) is 6.90. The molecule has 2 aliphatic heterocycles. The van der Waals surface area contributed by atoms with E-state index in [-0.39, 0.29) is 18.3 Å². The molecule has 3 aliphatic rings. The predicted octanol–water partition coefficient (Wildman–Crippen LogP) is 2.09. The molecule has 3 nitrogen and oxygen atoms in total. The number of amides is 1. The van der Waals surface area contributed by atoms with E-state index in [0.717, 1.165) is 30.1 Å². The van der Waals surface area contributed by atoms with Crippen LogP contribution in [0.15, 0.2) is 12.1 Å². The Hall–Kier alpha value is -1.06. The third-order valence-corrected chi connectivity index (χ3v) is 4.59. The third kappa shape index (κ3) is 1.96. The first kappa shape index (κ1) is 12.9. The Labute approximate surface area is 119 Å². The van der Waals surface area contributed by atoms with Gasteiger partial charge in [0.2, 0.25) is 0 Å². The van der Waals surface area contributed by atoms with Gasteiger partial charge in [-0.1, -0.05) is 12.1 Å². The quantitative estimate of drug-likeness (QED) is 0.826. The zero-order chi connectivity index (χ0) is 12.3. The predicted molar refractivity (Wildman–Crippen MR) is 77.3 cm³/mol. The highest BCUT2D eigenvalue weighted by molar-refractivity contribution is 5.99. The van der Waals surface area contributed by atoms with E-state index in [2.05, 4.69) is 29.7 Å². The number of rotatable bonds is 1. The van der Waals surface area contributed by atoms with Gasteiger partial charge in [-0.15, -0.1) is 12.4 Å². The summed E-state index contributed by atoms with van der Waals surface area (Å²) < 4.78 is 0. The van der Waals surface area contributed by atoms with E-state index in [9.17, 15) is 4.79 Å². The van der Waals surface area contributed by atoms with Crippen LogP contribution in [0.5, 0.6) is 0 Å². The van der Waals surface area contributed by atoms with Gasteiger partial charge in [-0.05, 0) is 42.4 Å². The lowest BCUT2D eigenvalue weighted by atomic mass is 9.82. The smallest absolute Gasteiger partial charge is 0.252 e. The topological polar surface area (TPSA) is 41.1 Å². The number of carbonyl (C=O) groups excluding carboxylic acids is 1. The highest BCUT2D eigenvalue weighted by Gasteiger charge is 2.38. The van der Waals surface area contributed by atoms with Gasteiger partial charge in [0, 0.05) is 30.6 Å². The molecule has 1 saturated heterocycles. The normalized spacial score (nSPS) is 28.2. The van der Waals surface area contributed by atoms with Crippen molar-refractivity contribution in [2.45, 2.75) is 37.6 Å². The minimum atomic E-state index is 0. The summed E-state index contributed by atoms with van der Waals surface area (Å²) in [6.07, 6.45) is 2.63. The summed E-state index contributed by atoms with van der Waals surface area (Å²) >= 11 is 0. The van der Waals surface area contributed by atoms with Crippen molar-refractivity contribution in [3.05, 3.63) is 34.4 Å². The first-order valence-electron chi connectivity index (χ1n) is 6.90. The van der Waals surface area contributed by atoms with Gasteiger partial charge in [-0.3, -0.25) is 4.79 Å². The first-order chi connectivity index (χ1) is 8.74. The molecule has 0 unspecified atom stereocenters. The summed E-state index contributed by atoms with van der Waals surface area (Å²) in [6.45, 7) is 3.97. The number of nitrogens with one attached hydrogen (secondary N) is 2. The summed E-state index contributed by atoms with van der Waals surface area (Å²) in [5, 5.41) is 6.53. The largest absolute Gasteiger partial charge is 0.347 e. The third-order valence-electron chi connectivity index (χ3n) is 4.59. The second-order valence-corrected chi connectivity index (χ2v) is 5.92. The van der Waals surface area contributed by atoms with E-state index in [4.69, 9.17) is 0 Å². The molecule has 2 heterocycles. The molecule has 4 heteroatoms. The molecule has 19 heavy (non-hydrogen) atoms. The Kier molecular flexibility index (Phi) is 3.06. The van der Waals surface area contributed by atoms with E-state index >= 15 is 0 Å². The Bertz CT molecular complexity index is 539. The summed E-state index contributed by atoms with van der Waals surface area (Å²) in [4.78, 5) is 12.2. The average Bonchev–Trinajstić information content (AvgIpc) is 3.08. The molecule has 4 rings (SSSR count). The molecule has 0 bridgehead atoms. The van der Waals surface area contributed by atoms with E-state index in [0.29, 0.717) is 12.0 Å². The maximum absolute atomic E-state index is 12.2. The second-order valence-electron chi connectivity index (χ2n) is 5.92. The van der Waals surface area contributed by atoms with Gasteiger partial charge < -0.3 is 10.6 Å². The fourth-order valence-electron chi connectivity index (χ4n) is 3.50. The van der Waals surface area contributed by atoms with Gasteiger partial charge in [0.15, 0.2) is 0 Å². The molecule has 0 aromatic heterocycles. The van der Waals surface area contributed by atoms with Crippen molar-refractivity contribution >= 4 is 18.3 Å². The van der Waals surface area contributed by atoms with Crippen molar-refractivity contribution in [2.24, 2.45) is 0 Å². The van der Waals surface area contributed by atoms with Crippen molar-refractivity contribution in [3.8, 4) is 0 Å². The molecule has 2 fully saturated rings. The second kappa shape index (κ2) is 4.50. The number of carbonyl (C=O) groups is 1. The van der Waals surface area contributed by atoms with Crippen LogP contribution in [-0.4, -0.2) is 25.0 Å². The minimum absolute atomic E-state index is 0. The average molecular weight is 279 g/mol. The van der Waals surface area contributed by atoms with Gasteiger partial charge in [0.05, 0.1) is 0 Å². The van der Waals surface area contributed by atoms with Crippen molar-refractivity contribution < 1.29 is 4.79 Å². The van der Waals surface area contributed by atoms with E-state index in [1.165, 1.54) is 24.0 Å². The van der Waals surface area contributed by atoms with Gasteiger partial charge in [0.25, 0.3) is 5.91 Å². The summed E-state index contributed by atoms with van der Waals surface area (Å²) in [7, 11) is 0. The van der Waals surface area contributed by atoms with Crippen LogP contribution >= 0.6 is 12.4 Å². The fourth-order valence-corrected chi connectivity index (χ4v) is 3.50. The van der Waals surface area contributed by atoms with Gasteiger partial charge in [-0.25, -0.2) is 0 Å². The van der Waals surface area contributed by atoms with E-state index in [1.54, 1.807) is 0 Å². The lowest BCUT2D eigenvalue weighted by Gasteiger charge is -2.30.